The molecular formula is C61H85N18O24P3S3. The lowest BCUT2D eigenvalue weighted by Crippen LogP contribution is -2.36. The number of rotatable bonds is 25. The molecule has 5 saturated heterocycles. The Morgan fingerprint density at radius 3 is 1.10 bits per heavy atom. The molecule has 8 aliphatic rings. The molecule has 6 aromatic rings. The number of hydrogen-bond acceptors (Lipinski definition) is 35. The van der Waals surface area contributed by atoms with E-state index in [1.165, 1.54) is 15.6 Å². The van der Waals surface area contributed by atoms with Crippen molar-refractivity contribution in [3.8, 4) is 18.2 Å². The summed E-state index contributed by atoms with van der Waals surface area (Å²) in [4.78, 5) is 62.0. The van der Waals surface area contributed by atoms with Crippen LogP contribution in [0.1, 0.15) is 155 Å². The van der Waals surface area contributed by atoms with E-state index in [1.54, 1.807) is 53.9 Å². The third-order valence-corrected chi connectivity index (χ3v) is 31.5. The third-order valence-electron chi connectivity index (χ3n) is 19.1. The van der Waals surface area contributed by atoms with E-state index in [-0.39, 0.29) is 54.5 Å². The Bertz CT molecular complexity index is 5000. The molecule has 6 aromatic heterocycles. The number of ether oxygens (including phenoxy) is 7. The van der Waals surface area contributed by atoms with E-state index in [0.717, 1.165) is 81.7 Å². The molecule has 8 fully saturated rings. The second-order valence-corrected chi connectivity index (χ2v) is 41.5. The zero-order valence-corrected chi connectivity index (χ0v) is 65.0. The van der Waals surface area contributed by atoms with Crippen molar-refractivity contribution in [2.24, 2.45) is 0 Å². The first-order valence-electron chi connectivity index (χ1n) is 35.2. The van der Waals surface area contributed by atoms with Gasteiger partial charge in [-0.2, -0.15) is 46.0 Å². The topological polar surface area (TPSA) is 596 Å². The number of aliphatic hydroxyl groups excluding tert-OH is 2. The first-order valence-corrected chi connectivity index (χ1v) is 45.9. The van der Waals surface area contributed by atoms with E-state index in [0.29, 0.717) is 44.9 Å². The van der Waals surface area contributed by atoms with Crippen molar-refractivity contribution in [2.45, 2.75) is 222 Å². The van der Waals surface area contributed by atoms with Crippen LogP contribution in [-0.4, -0.2) is 246 Å². The van der Waals surface area contributed by atoms with Gasteiger partial charge in [-0.1, -0.05) is 38.5 Å². The molecule has 3 saturated carbocycles. The lowest BCUT2D eigenvalue weighted by atomic mass is 10.1. The van der Waals surface area contributed by atoms with E-state index in [4.69, 9.17) is 52.0 Å². The highest BCUT2D eigenvalue weighted by Gasteiger charge is 2.60. The van der Waals surface area contributed by atoms with Crippen molar-refractivity contribution >= 4 is 103 Å². The van der Waals surface area contributed by atoms with Crippen LogP contribution in [0.25, 0.3) is 33.1 Å². The molecule has 109 heavy (non-hydrogen) atoms. The number of nitrogens with one attached hydrogen (secondary N) is 3. The summed E-state index contributed by atoms with van der Waals surface area (Å²) in [5.74, 6) is -3.04. The summed E-state index contributed by atoms with van der Waals surface area (Å²) < 4.78 is 167. The zero-order chi connectivity index (χ0) is 78.6. The van der Waals surface area contributed by atoms with Gasteiger partial charge in [0.15, 0.2) is 93.2 Å². The van der Waals surface area contributed by atoms with Crippen LogP contribution in [0.2, 0.25) is 0 Å². The van der Waals surface area contributed by atoms with Gasteiger partial charge in [-0.15, -0.1) is 0 Å². The van der Waals surface area contributed by atoms with Gasteiger partial charge in [0.2, 0.25) is 17.5 Å². The van der Waals surface area contributed by atoms with E-state index < -0.39 is 171 Å². The maximum absolute atomic E-state index is 13.2. The number of fused-ring (bicyclic) bond motifs is 5. The van der Waals surface area contributed by atoms with Gasteiger partial charge in [0.05, 0.1) is 65.2 Å². The minimum atomic E-state index is -4.86. The van der Waals surface area contributed by atoms with Crippen molar-refractivity contribution in [2.75, 3.05) is 62.9 Å². The molecule has 596 valence electrons. The van der Waals surface area contributed by atoms with Crippen molar-refractivity contribution < 1.29 is 111 Å². The minimum absolute atomic E-state index is 0.0325. The molecule has 42 nitrogen and oxygen atoms in total. The van der Waals surface area contributed by atoms with Gasteiger partial charge in [0.25, 0.3) is 0 Å². The van der Waals surface area contributed by atoms with Crippen molar-refractivity contribution in [3.05, 3.63) is 36.1 Å². The summed E-state index contributed by atoms with van der Waals surface area (Å²) in [7, 11) is -26.0. The van der Waals surface area contributed by atoms with Gasteiger partial charge in [0.1, 0.15) is 90.6 Å². The van der Waals surface area contributed by atoms with Crippen LogP contribution in [0.15, 0.2) is 18.6 Å². The van der Waals surface area contributed by atoms with E-state index in [9.17, 15) is 74.7 Å². The largest absolute Gasteiger partial charge is 0.387 e. The summed E-state index contributed by atoms with van der Waals surface area (Å²) in [6, 6.07) is 6.47. The molecule has 11 heterocycles. The van der Waals surface area contributed by atoms with Gasteiger partial charge in [-0.3, -0.25) is 13.7 Å². The number of aliphatic hydroxyl groups is 2. The first kappa shape index (κ1) is 81.9. The van der Waals surface area contributed by atoms with Crippen LogP contribution in [0.4, 0.5) is 17.5 Å². The smallest absolute Gasteiger partial charge is 0.345 e. The summed E-state index contributed by atoms with van der Waals surface area (Å²) in [5, 5.41) is 74.1. The average Bonchev–Trinajstić information content (AvgIpc) is 1.59. The van der Waals surface area contributed by atoms with Gasteiger partial charge < -0.3 is 87.9 Å². The molecule has 5 aliphatic heterocycles. The van der Waals surface area contributed by atoms with Crippen molar-refractivity contribution in [3.63, 3.8) is 0 Å². The SMILES string of the molecule is CC1(C)O[C@@H]2[C@H](O1)[C@@H](CS(=O)(=O)CP(=O)(O)O)O[C@H]2n1ncc2c(NC3CCCC3)nc(C#N)nc21.CCOP(=O)(CS(=O)(=O)C[C@H]1O[C@@H](n2ncc3c(NC4CCCC4)nc(C#N)nc32)[C@@H]2OC(C)(C)O[C@@H]21)OCC.N#Cc1nc(NC2CCCC2)c2cnn([C@@H]3O[C@H](CS(=O)(=O)CP(=O)(O)O)[C@@H](O)[C@H]3O)c2n1. The van der Waals surface area contributed by atoms with Crippen molar-refractivity contribution in [1.29, 1.82) is 15.8 Å². The Labute approximate surface area is 624 Å². The number of nitriles is 3. The van der Waals surface area contributed by atoms with Crippen LogP contribution in [0, 0.1) is 34.0 Å². The fourth-order valence-electron chi connectivity index (χ4n) is 14.8. The van der Waals surface area contributed by atoms with Crippen LogP contribution < -0.4 is 16.0 Å². The normalized spacial score (nSPS) is 27.3. The molecule has 0 unspecified atom stereocenters. The summed E-state index contributed by atoms with van der Waals surface area (Å²) in [6.07, 6.45) is 3.89. The second kappa shape index (κ2) is 32.2. The Morgan fingerprint density at radius 1 is 0.477 bits per heavy atom. The molecular weight excluding hydrogens is 1560 g/mol. The van der Waals surface area contributed by atoms with Crippen LogP contribution in [0.3, 0.4) is 0 Å². The summed E-state index contributed by atoms with van der Waals surface area (Å²) in [5.41, 5.74) is -2.70. The minimum Gasteiger partial charge on any atom is -0.387 e. The van der Waals surface area contributed by atoms with Crippen LogP contribution in [-0.2, 0) is 85.4 Å². The molecule has 0 aromatic carbocycles. The van der Waals surface area contributed by atoms with Gasteiger partial charge in [-0.25, -0.2) is 54.3 Å². The standard InChI is InChI=1S/C24H35N6O8PS.C20H27N6O8PS.C17H23N6O8PS/c1-5-34-39(31,35-6-2)14-40(32,33)13-17-19-20(38-24(3,4)37-19)23(36-17)30-22-16(12-26-30)21(28-18(11-25)29-22)27-15-9-7-8-10-15;1-20(2)33-15-13(9-36(30,31)10-35(27,28)29)32-19(16(15)34-20)26-18-12(8-22-26)17(24-14(7-21)25-18)23-11-5-3-4-6-11;18-5-12-21-15(20-9-3-1-2-4-9)10-6-19-23(16(10)22-12)17-14(25)13(24)11(31-17)7-33(29,30)8-32(26,27)28/h12,15,17,19-20,23H,5-10,13-14H2,1-4H3,(H,27,28,29);8,11,13,15-16,19H,3-6,9-10H2,1-2H3,(H,23,24,25)(H2,27,28,29);6,9,11,13-14,17,24-25H,1-4,7-8H2,(H,20,21,22)(H2,26,27,28)/t17-,19-,20-,23-;13-,15-,16-,19-;11-,13-,14-,17-/m111/s1. The molecule has 0 amide bonds. The van der Waals surface area contributed by atoms with E-state index in [2.05, 4.69) is 61.2 Å². The highest BCUT2D eigenvalue weighted by atomic mass is 32.2. The van der Waals surface area contributed by atoms with Gasteiger partial charge >= 0.3 is 22.8 Å². The first-order chi connectivity index (χ1) is 51.3. The Balaban J connectivity index is 0.000000153. The fraction of sp³-hybridized carbons (Fsp3) is 0.705. The monoisotopic (exact) mass is 1640 g/mol. The Morgan fingerprint density at radius 2 is 0.780 bits per heavy atom. The number of aromatic nitrogens is 12. The number of sulfone groups is 3. The Kier molecular flexibility index (Phi) is 24.2. The number of hydrogen-bond donors (Lipinski definition) is 9. The van der Waals surface area contributed by atoms with Crippen LogP contribution >= 0.6 is 22.8 Å². The van der Waals surface area contributed by atoms with Crippen LogP contribution in [0.5, 0.6) is 0 Å². The molecule has 0 radical (unpaired) electrons. The van der Waals surface area contributed by atoms with E-state index in [1.807, 2.05) is 18.2 Å². The molecule has 12 atom stereocenters. The lowest BCUT2D eigenvalue weighted by molar-refractivity contribution is -0.195. The predicted molar refractivity (Wildman–Crippen MR) is 380 cm³/mol. The Hall–Kier alpha value is -6.54. The summed E-state index contributed by atoms with van der Waals surface area (Å²) in [6.45, 7) is 10.1. The lowest BCUT2D eigenvalue weighted by Gasteiger charge is -2.25. The molecule has 48 heteroatoms. The maximum Gasteiger partial charge on any atom is 0.345 e. The quantitative estimate of drug-likeness (QED) is 0.0371. The second-order valence-electron chi connectivity index (χ2n) is 28.6. The molecule has 9 N–H and O–H groups in total. The highest BCUT2D eigenvalue weighted by molar-refractivity contribution is 7.98. The molecule has 14 rings (SSSR count). The third kappa shape index (κ3) is 19.2. The zero-order valence-electron chi connectivity index (χ0n) is 59.8. The van der Waals surface area contributed by atoms with Gasteiger partial charge in [-0.05, 0) is 80.1 Å². The number of nitrogens with zero attached hydrogens (tertiary/aromatic N) is 15. The molecule has 3 aliphatic carbocycles. The summed E-state index contributed by atoms with van der Waals surface area (Å²) >= 11 is 0. The molecule has 0 spiro atoms. The number of anilines is 3. The average molecular weight is 1640 g/mol. The maximum atomic E-state index is 13.2. The van der Waals surface area contributed by atoms with Gasteiger partial charge in [0, 0.05) is 18.1 Å². The molecule has 0 bridgehead atoms. The predicted octanol–water partition coefficient (Wildman–Crippen LogP) is 3.35. The highest BCUT2D eigenvalue weighted by Crippen LogP contribution is 2.52. The van der Waals surface area contributed by atoms with E-state index >= 15 is 0 Å². The van der Waals surface area contributed by atoms with Crippen molar-refractivity contribution in [1.82, 2.24) is 59.2 Å². The fourth-order valence-corrected chi connectivity index (χ4v) is 25.9.